The molecule has 0 bridgehead atoms. The fourth-order valence-corrected chi connectivity index (χ4v) is 2.99. The molecule has 22 heavy (non-hydrogen) atoms. The van der Waals surface area contributed by atoms with E-state index < -0.39 is 0 Å². The molecule has 0 spiro atoms. The first kappa shape index (κ1) is 14.8. The second-order valence-corrected chi connectivity index (χ2v) is 5.74. The van der Waals surface area contributed by atoms with Gasteiger partial charge in [-0.05, 0) is 36.2 Å². The molecule has 0 aliphatic carbocycles. The summed E-state index contributed by atoms with van der Waals surface area (Å²) in [5.41, 5.74) is 2.87. The lowest BCUT2D eigenvalue weighted by Crippen LogP contribution is -2.37. The molecule has 0 radical (unpaired) electrons. The van der Waals surface area contributed by atoms with Crippen LogP contribution in [0.4, 0.5) is 5.69 Å². The lowest BCUT2D eigenvalue weighted by atomic mass is 9.98. The topological polar surface area (TPSA) is 37.4 Å². The van der Waals surface area contributed by atoms with Crippen LogP contribution in [0.2, 0.25) is 5.02 Å². The van der Waals surface area contributed by atoms with Gasteiger partial charge in [0.15, 0.2) is 5.78 Å². The molecule has 1 aliphatic rings. The zero-order valence-corrected chi connectivity index (χ0v) is 13.1. The number of nitrogens with zero attached hydrogens (tertiary/aromatic N) is 1. The maximum absolute atomic E-state index is 12.9. The van der Waals surface area contributed by atoms with Crippen molar-refractivity contribution in [3.63, 3.8) is 0 Å². The molecule has 0 saturated heterocycles. The Bertz CT molecular complexity index is 755. The maximum atomic E-state index is 12.9. The van der Waals surface area contributed by atoms with Crippen LogP contribution in [0, 0.1) is 0 Å². The van der Waals surface area contributed by atoms with Crippen molar-refractivity contribution < 1.29 is 9.59 Å². The number of hydrogen-bond donors (Lipinski definition) is 0. The molecule has 0 atom stereocenters. The van der Waals surface area contributed by atoms with Crippen molar-refractivity contribution in [1.29, 1.82) is 0 Å². The van der Waals surface area contributed by atoms with Gasteiger partial charge in [0.1, 0.15) is 0 Å². The number of fused-ring (bicyclic) bond motifs is 1. The first-order valence-corrected chi connectivity index (χ1v) is 7.72. The molecule has 1 heterocycles. The lowest BCUT2D eigenvalue weighted by Gasteiger charge is -2.29. The van der Waals surface area contributed by atoms with Crippen LogP contribution >= 0.6 is 11.6 Å². The van der Waals surface area contributed by atoms with Gasteiger partial charge in [0, 0.05) is 29.1 Å². The van der Waals surface area contributed by atoms with E-state index in [1.807, 2.05) is 31.2 Å². The van der Waals surface area contributed by atoms with E-state index in [4.69, 9.17) is 11.6 Å². The molecule has 4 heteroatoms. The van der Waals surface area contributed by atoms with Gasteiger partial charge >= 0.3 is 0 Å². The number of ketones is 1. The van der Waals surface area contributed by atoms with Crippen LogP contribution in [-0.2, 0) is 6.42 Å². The molecule has 2 aromatic carbocycles. The summed E-state index contributed by atoms with van der Waals surface area (Å²) >= 11 is 6.05. The van der Waals surface area contributed by atoms with E-state index in [1.165, 1.54) is 0 Å². The second kappa shape index (κ2) is 5.93. The molecule has 1 amide bonds. The van der Waals surface area contributed by atoms with Crippen molar-refractivity contribution in [2.24, 2.45) is 0 Å². The summed E-state index contributed by atoms with van der Waals surface area (Å²) in [6.07, 6.45) is 1.13. The van der Waals surface area contributed by atoms with Crippen molar-refractivity contribution in [2.75, 3.05) is 11.4 Å². The van der Waals surface area contributed by atoms with Gasteiger partial charge in [0.25, 0.3) is 5.91 Å². The summed E-state index contributed by atoms with van der Waals surface area (Å²) < 4.78 is 0. The molecule has 112 valence electrons. The predicted octanol–water partition coefficient (Wildman–Crippen LogP) is 4.14. The van der Waals surface area contributed by atoms with Crippen LogP contribution in [0.15, 0.2) is 42.5 Å². The molecule has 0 aromatic heterocycles. The average molecular weight is 314 g/mol. The Morgan fingerprint density at radius 2 is 2.00 bits per heavy atom. The first-order valence-electron chi connectivity index (χ1n) is 7.34. The summed E-state index contributed by atoms with van der Waals surface area (Å²) in [6, 6.07) is 12.7. The number of carbonyl (C=O) groups excluding carboxylic acids is 2. The van der Waals surface area contributed by atoms with Gasteiger partial charge in [-0.2, -0.15) is 0 Å². The predicted molar refractivity (Wildman–Crippen MR) is 87.9 cm³/mol. The van der Waals surface area contributed by atoms with Crippen molar-refractivity contribution in [2.45, 2.75) is 19.8 Å². The number of rotatable bonds is 2. The van der Waals surface area contributed by atoms with E-state index in [-0.39, 0.29) is 11.7 Å². The number of Topliss-reactive ketones (excluding diaryl/α,β-unsaturated/α-hetero) is 1. The van der Waals surface area contributed by atoms with Gasteiger partial charge in [-0.25, -0.2) is 0 Å². The van der Waals surface area contributed by atoms with E-state index in [0.717, 1.165) is 12.0 Å². The summed E-state index contributed by atoms with van der Waals surface area (Å²) in [4.78, 5) is 26.6. The zero-order valence-electron chi connectivity index (χ0n) is 12.3. The van der Waals surface area contributed by atoms with Gasteiger partial charge in [-0.3, -0.25) is 9.59 Å². The first-order chi connectivity index (χ1) is 10.6. The monoisotopic (exact) mass is 313 g/mol. The summed E-state index contributed by atoms with van der Waals surface area (Å²) in [5.74, 6) is -0.0204. The molecule has 0 saturated carbocycles. The Morgan fingerprint density at radius 3 is 2.77 bits per heavy atom. The van der Waals surface area contributed by atoms with E-state index in [0.29, 0.717) is 34.8 Å². The third-order valence-electron chi connectivity index (χ3n) is 3.99. The fourth-order valence-electron chi connectivity index (χ4n) is 2.83. The van der Waals surface area contributed by atoms with Crippen molar-refractivity contribution >= 4 is 29.0 Å². The molecular formula is C18H16ClNO2. The third kappa shape index (κ3) is 2.53. The molecule has 1 aliphatic heterocycles. The highest BCUT2D eigenvalue weighted by Gasteiger charge is 2.28. The van der Waals surface area contributed by atoms with Crippen molar-refractivity contribution in [3.05, 3.63) is 64.2 Å². The third-order valence-corrected chi connectivity index (χ3v) is 4.22. The number of halogens is 1. The summed E-state index contributed by atoms with van der Waals surface area (Å²) in [5, 5.41) is 0.523. The molecule has 0 N–H and O–H groups in total. The van der Waals surface area contributed by atoms with E-state index in [1.54, 1.807) is 23.1 Å². The van der Waals surface area contributed by atoms with Crippen LogP contribution in [0.25, 0.3) is 0 Å². The minimum atomic E-state index is -0.0755. The largest absolute Gasteiger partial charge is 0.307 e. The Hall–Kier alpha value is -2.13. The standard InChI is InChI=1S/C18H16ClNO2/c1-2-12-5-3-4-6-14(12)18(22)20-10-9-17(21)15-8-7-13(19)11-16(15)20/h3-8,11H,2,9-10H2,1H3. The Balaban J connectivity index is 2.06. The minimum Gasteiger partial charge on any atom is -0.307 e. The minimum absolute atomic E-state index is 0.0551. The van der Waals surface area contributed by atoms with Crippen LogP contribution in [0.3, 0.4) is 0 Å². The number of hydrogen-bond acceptors (Lipinski definition) is 2. The molecule has 0 unspecified atom stereocenters. The number of amides is 1. The number of benzene rings is 2. The molecule has 3 nitrogen and oxygen atoms in total. The van der Waals surface area contributed by atoms with Gasteiger partial charge in [0.2, 0.25) is 0 Å². The number of anilines is 1. The molecular weight excluding hydrogens is 298 g/mol. The molecule has 3 rings (SSSR count). The van der Waals surface area contributed by atoms with Gasteiger partial charge in [-0.1, -0.05) is 36.7 Å². The average Bonchev–Trinajstić information content (AvgIpc) is 2.54. The normalized spacial score (nSPS) is 13.9. The Kier molecular flexibility index (Phi) is 3.99. The van der Waals surface area contributed by atoms with Gasteiger partial charge in [0.05, 0.1) is 5.69 Å². The molecule has 2 aromatic rings. The maximum Gasteiger partial charge on any atom is 0.258 e. The molecule has 0 fully saturated rings. The van der Waals surface area contributed by atoms with Crippen LogP contribution in [-0.4, -0.2) is 18.2 Å². The van der Waals surface area contributed by atoms with Gasteiger partial charge < -0.3 is 4.90 Å². The van der Waals surface area contributed by atoms with E-state index in [2.05, 4.69) is 0 Å². The van der Waals surface area contributed by atoms with Crippen LogP contribution in [0.1, 0.15) is 39.6 Å². The van der Waals surface area contributed by atoms with Crippen molar-refractivity contribution in [3.8, 4) is 0 Å². The van der Waals surface area contributed by atoms with E-state index in [9.17, 15) is 9.59 Å². The number of carbonyl (C=O) groups is 2. The smallest absolute Gasteiger partial charge is 0.258 e. The lowest BCUT2D eigenvalue weighted by molar-refractivity contribution is 0.0954. The van der Waals surface area contributed by atoms with Crippen LogP contribution in [0.5, 0.6) is 0 Å². The highest BCUT2D eigenvalue weighted by Crippen LogP contribution is 2.31. The van der Waals surface area contributed by atoms with Crippen molar-refractivity contribution in [1.82, 2.24) is 0 Å². The Morgan fingerprint density at radius 1 is 1.23 bits per heavy atom. The summed E-state index contributed by atoms with van der Waals surface area (Å²) in [7, 11) is 0. The number of aryl methyl sites for hydroxylation is 1. The second-order valence-electron chi connectivity index (χ2n) is 5.30. The van der Waals surface area contributed by atoms with E-state index >= 15 is 0 Å². The zero-order chi connectivity index (χ0) is 15.7. The summed E-state index contributed by atoms with van der Waals surface area (Å²) in [6.45, 7) is 2.42. The Labute approximate surface area is 134 Å². The van der Waals surface area contributed by atoms with Gasteiger partial charge in [-0.15, -0.1) is 0 Å². The van der Waals surface area contributed by atoms with Crippen LogP contribution < -0.4 is 4.90 Å². The quantitative estimate of drug-likeness (QED) is 0.835. The highest BCUT2D eigenvalue weighted by atomic mass is 35.5. The SMILES string of the molecule is CCc1ccccc1C(=O)N1CCC(=O)c2ccc(Cl)cc21. The highest BCUT2D eigenvalue weighted by molar-refractivity contribution is 6.31. The fraction of sp³-hybridized carbons (Fsp3) is 0.222.